The highest BCUT2D eigenvalue weighted by Gasteiger charge is 2.28. The zero-order valence-corrected chi connectivity index (χ0v) is 21.0. The molecule has 1 aromatic carbocycles. The van der Waals surface area contributed by atoms with Gasteiger partial charge in [0, 0.05) is 12.0 Å². The monoisotopic (exact) mass is 474 g/mol. The van der Waals surface area contributed by atoms with Crippen molar-refractivity contribution in [2.75, 3.05) is 12.1 Å². The summed E-state index contributed by atoms with van der Waals surface area (Å²) in [6, 6.07) is 4.91. The highest BCUT2D eigenvalue weighted by Crippen LogP contribution is 2.37. The fourth-order valence-electron chi connectivity index (χ4n) is 3.97. The molecule has 3 atom stereocenters. The Kier molecular flexibility index (Phi) is 7.94. The van der Waals surface area contributed by atoms with Crippen LogP contribution in [0, 0.1) is 17.3 Å². The molecule has 2 heterocycles. The number of nitrogens with one attached hydrogen (secondary N) is 2. The van der Waals surface area contributed by atoms with Crippen molar-refractivity contribution in [2.45, 2.75) is 66.8 Å². The third-order valence-corrected chi connectivity index (χ3v) is 6.47. The van der Waals surface area contributed by atoms with Crippen molar-refractivity contribution in [2.24, 2.45) is 17.3 Å². The number of hydrogen-bond acceptors (Lipinski definition) is 7. The van der Waals surface area contributed by atoms with Gasteiger partial charge in [0.05, 0.1) is 0 Å². The topological polar surface area (TPSA) is 102 Å². The maximum Gasteiger partial charge on any atom is 0.249 e. The lowest BCUT2D eigenvalue weighted by atomic mass is 9.84. The number of benzene rings is 1. The molecule has 3 unspecified atom stereocenters. The first kappa shape index (κ1) is 25.0. The van der Waals surface area contributed by atoms with E-state index in [0.717, 1.165) is 18.4 Å². The fourth-order valence-corrected chi connectivity index (χ4v) is 4.71. The summed E-state index contributed by atoms with van der Waals surface area (Å²) in [5.74, 6) is 1.18. The number of amides is 2. The van der Waals surface area contributed by atoms with Gasteiger partial charge in [-0.05, 0) is 41.9 Å². The molecule has 2 amide bonds. The van der Waals surface area contributed by atoms with Gasteiger partial charge in [0.25, 0.3) is 0 Å². The summed E-state index contributed by atoms with van der Waals surface area (Å²) >= 11 is 1.27. The molecular formula is C24H34N4O4S. The van der Waals surface area contributed by atoms with E-state index in [4.69, 9.17) is 9.47 Å². The summed E-state index contributed by atoms with van der Waals surface area (Å²) < 4.78 is 10.8. The number of nitrogens with zero attached hydrogens (tertiary/aromatic N) is 2. The molecule has 0 bridgehead atoms. The molecule has 3 rings (SSSR count). The van der Waals surface area contributed by atoms with E-state index in [0.29, 0.717) is 28.1 Å². The molecule has 33 heavy (non-hydrogen) atoms. The van der Waals surface area contributed by atoms with Gasteiger partial charge in [0.2, 0.25) is 23.7 Å². The van der Waals surface area contributed by atoms with E-state index < -0.39 is 6.04 Å². The van der Waals surface area contributed by atoms with Crippen molar-refractivity contribution in [1.82, 2.24) is 15.5 Å². The van der Waals surface area contributed by atoms with Gasteiger partial charge in [0.15, 0.2) is 11.5 Å². The zero-order valence-electron chi connectivity index (χ0n) is 20.2. The van der Waals surface area contributed by atoms with Crippen LogP contribution in [0.4, 0.5) is 5.13 Å². The maximum atomic E-state index is 13.0. The molecule has 0 spiro atoms. The summed E-state index contributed by atoms with van der Waals surface area (Å²) in [6.45, 7) is 12.7. The molecule has 1 aromatic heterocycles. The van der Waals surface area contributed by atoms with Crippen molar-refractivity contribution >= 4 is 28.3 Å². The minimum absolute atomic E-state index is 0.0203. The van der Waals surface area contributed by atoms with Crippen LogP contribution in [0.25, 0.3) is 10.6 Å². The molecule has 0 fully saturated rings. The van der Waals surface area contributed by atoms with Crippen molar-refractivity contribution < 1.29 is 19.1 Å². The summed E-state index contributed by atoms with van der Waals surface area (Å²) in [4.78, 5) is 25.7. The van der Waals surface area contributed by atoms with Crippen LogP contribution in [0.3, 0.4) is 0 Å². The Hall–Kier alpha value is -2.68. The number of hydrogen-bond donors (Lipinski definition) is 2. The first-order chi connectivity index (χ1) is 15.6. The Morgan fingerprint density at radius 3 is 2.58 bits per heavy atom. The Morgan fingerprint density at radius 1 is 1.15 bits per heavy atom. The van der Waals surface area contributed by atoms with Crippen LogP contribution in [0.15, 0.2) is 18.2 Å². The van der Waals surface area contributed by atoms with E-state index in [1.165, 1.54) is 11.3 Å². The Labute approximate surface area is 199 Å². The van der Waals surface area contributed by atoms with E-state index in [-0.39, 0.29) is 35.9 Å². The molecule has 2 N–H and O–H groups in total. The third kappa shape index (κ3) is 6.90. The van der Waals surface area contributed by atoms with Crippen LogP contribution < -0.4 is 20.1 Å². The molecule has 0 saturated carbocycles. The molecular weight excluding hydrogens is 440 g/mol. The molecule has 0 radical (unpaired) electrons. The predicted molar refractivity (Wildman–Crippen MR) is 129 cm³/mol. The lowest BCUT2D eigenvalue weighted by molar-refractivity contribution is -0.128. The quantitative estimate of drug-likeness (QED) is 0.538. The minimum atomic E-state index is -0.637. The van der Waals surface area contributed by atoms with Crippen molar-refractivity contribution in [3.05, 3.63) is 18.2 Å². The van der Waals surface area contributed by atoms with Crippen LogP contribution in [-0.2, 0) is 9.59 Å². The zero-order chi connectivity index (χ0) is 24.2. The summed E-state index contributed by atoms with van der Waals surface area (Å²) in [5, 5.41) is 15.1. The van der Waals surface area contributed by atoms with Gasteiger partial charge in [0.1, 0.15) is 11.0 Å². The minimum Gasteiger partial charge on any atom is -0.454 e. The Morgan fingerprint density at radius 2 is 1.88 bits per heavy atom. The molecule has 2 aromatic rings. The number of carbonyl (C=O) groups is 2. The first-order valence-corrected chi connectivity index (χ1v) is 12.2. The van der Waals surface area contributed by atoms with Gasteiger partial charge >= 0.3 is 0 Å². The molecule has 8 nitrogen and oxygen atoms in total. The SMILES string of the molecule is CCC(C)C(NC(=O)CC(C)CC(C)(C)C)C(=O)Nc1nnc(-c2ccc3c(c2)OCO3)s1. The molecule has 180 valence electrons. The molecule has 0 aliphatic carbocycles. The summed E-state index contributed by atoms with van der Waals surface area (Å²) in [7, 11) is 0. The van der Waals surface area contributed by atoms with Crippen LogP contribution in [0.5, 0.6) is 11.5 Å². The van der Waals surface area contributed by atoms with Crippen molar-refractivity contribution in [3.63, 3.8) is 0 Å². The largest absolute Gasteiger partial charge is 0.454 e. The fraction of sp³-hybridized carbons (Fsp3) is 0.583. The lowest BCUT2D eigenvalue weighted by Gasteiger charge is -2.26. The van der Waals surface area contributed by atoms with Gasteiger partial charge in [-0.1, -0.05) is 59.3 Å². The second-order valence-electron chi connectivity index (χ2n) is 9.97. The predicted octanol–water partition coefficient (Wildman–Crippen LogP) is 4.87. The Balaban J connectivity index is 1.64. The highest BCUT2D eigenvalue weighted by atomic mass is 32.1. The van der Waals surface area contributed by atoms with E-state index in [1.807, 2.05) is 32.0 Å². The number of ether oxygens (including phenoxy) is 2. The van der Waals surface area contributed by atoms with Crippen LogP contribution >= 0.6 is 11.3 Å². The number of fused-ring (bicyclic) bond motifs is 1. The van der Waals surface area contributed by atoms with Gasteiger partial charge in [-0.3, -0.25) is 14.9 Å². The lowest BCUT2D eigenvalue weighted by Crippen LogP contribution is -2.48. The number of carbonyl (C=O) groups excluding carboxylic acids is 2. The van der Waals surface area contributed by atoms with E-state index >= 15 is 0 Å². The highest BCUT2D eigenvalue weighted by molar-refractivity contribution is 7.18. The van der Waals surface area contributed by atoms with Crippen LogP contribution in [0.2, 0.25) is 0 Å². The maximum absolute atomic E-state index is 13.0. The van der Waals surface area contributed by atoms with Crippen LogP contribution in [-0.4, -0.2) is 34.8 Å². The molecule has 0 saturated heterocycles. The Bertz CT molecular complexity index is 985. The van der Waals surface area contributed by atoms with Gasteiger partial charge in [-0.2, -0.15) is 0 Å². The third-order valence-electron chi connectivity index (χ3n) is 5.58. The standard InChI is InChI=1S/C24H34N4O4S/c1-7-15(3)20(25-19(29)10-14(2)12-24(4,5)6)21(30)26-23-28-27-22(33-23)16-8-9-17-18(11-16)32-13-31-17/h8-9,11,14-15,20H,7,10,12-13H2,1-6H3,(H,25,29)(H,26,28,30). The van der Waals surface area contributed by atoms with Crippen LogP contribution in [0.1, 0.15) is 60.8 Å². The average Bonchev–Trinajstić information content (AvgIpc) is 3.38. The molecule has 1 aliphatic heterocycles. The van der Waals surface area contributed by atoms with Gasteiger partial charge in [-0.15, -0.1) is 10.2 Å². The molecule has 1 aliphatic rings. The van der Waals surface area contributed by atoms with Gasteiger partial charge in [-0.25, -0.2) is 0 Å². The smallest absolute Gasteiger partial charge is 0.249 e. The van der Waals surface area contributed by atoms with E-state index in [1.54, 1.807) is 0 Å². The summed E-state index contributed by atoms with van der Waals surface area (Å²) in [6.07, 6.45) is 2.09. The van der Waals surface area contributed by atoms with E-state index in [2.05, 4.69) is 48.5 Å². The van der Waals surface area contributed by atoms with Crippen molar-refractivity contribution in [1.29, 1.82) is 0 Å². The number of anilines is 1. The number of rotatable bonds is 9. The number of aromatic nitrogens is 2. The first-order valence-electron chi connectivity index (χ1n) is 11.4. The summed E-state index contributed by atoms with van der Waals surface area (Å²) in [5.41, 5.74) is 0.984. The normalized spacial score (nSPS) is 15.6. The van der Waals surface area contributed by atoms with E-state index in [9.17, 15) is 9.59 Å². The second kappa shape index (κ2) is 10.5. The van der Waals surface area contributed by atoms with Gasteiger partial charge < -0.3 is 14.8 Å². The molecule has 9 heteroatoms. The van der Waals surface area contributed by atoms with Crippen molar-refractivity contribution in [3.8, 4) is 22.1 Å². The average molecular weight is 475 g/mol. The second-order valence-corrected chi connectivity index (χ2v) is 11.0.